The predicted molar refractivity (Wildman–Crippen MR) is 94.4 cm³/mol. The van der Waals surface area contributed by atoms with Crippen molar-refractivity contribution >= 4 is 12.0 Å². The van der Waals surface area contributed by atoms with E-state index in [0.29, 0.717) is 18.2 Å². The third-order valence-electron chi connectivity index (χ3n) is 3.57. The number of halogens is 3. The van der Waals surface area contributed by atoms with Gasteiger partial charge < -0.3 is 14.6 Å². The standard InChI is InChI=1S/C20H19F3O4/c1-2-3-12-26-18-10-7-15(13-17(18)21)20(22,23)27-16-8-4-14(5-9-16)6-11-19(24)25/h4-11,13H,2-3,12H2,1H3,(H,24,25). The number of unbranched alkanes of at least 4 members (excludes halogenated alkanes) is 1. The van der Waals surface area contributed by atoms with Crippen LogP contribution in [0.2, 0.25) is 0 Å². The lowest BCUT2D eigenvalue weighted by atomic mass is 10.2. The van der Waals surface area contributed by atoms with E-state index in [-0.39, 0.29) is 11.5 Å². The monoisotopic (exact) mass is 380 g/mol. The molecule has 0 unspecified atom stereocenters. The van der Waals surface area contributed by atoms with Crippen molar-refractivity contribution in [3.05, 3.63) is 65.5 Å². The number of hydrogen-bond acceptors (Lipinski definition) is 3. The Kier molecular flexibility index (Phi) is 6.87. The molecular weight excluding hydrogens is 361 g/mol. The molecule has 0 atom stereocenters. The molecule has 0 bridgehead atoms. The van der Waals surface area contributed by atoms with Gasteiger partial charge >= 0.3 is 12.1 Å². The Morgan fingerprint density at radius 3 is 2.48 bits per heavy atom. The van der Waals surface area contributed by atoms with E-state index in [9.17, 15) is 18.0 Å². The summed E-state index contributed by atoms with van der Waals surface area (Å²) in [5, 5.41) is 8.56. The van der Waals surface area contributed by atoms with Gasteiger partial charge in [-0.1, -0.05) is 25.5 Å². The molecule has 0 heterocycles. The quantitative estimate of drug-likeness (QED) is 0.478. The van der Waals surface area contributed by atoms with Gasteiger partial charge in [-0.15, -0.1) is 0 Å². The van der Waals surface area contributed by atoms with Gasteiger partial charge in [0, 0.05) is 6.08 Å². The van der Waals surface area contributed by atoms with Crippen molar-refractivity contribution in [3.8, 4) is 11.5 Å². The van der Waals surface area contributed by atoms with Crippen LogP contribution in [0.4, 0.5) is 13.2 Å². The van der Waals surface area contributed by atoms with Crippen molar-refractivity contribution in [3.63, 3.8) is 0 Å². The first-order valence-corrected chi connectivity index (χ1v) is 8.32. The Morgan fingerprint density at radius 1 is 1.19 bits per heavy atom. The molecule has 7 heteroatoms. The van der Waals surface area contributed by atoms with Crippen LogP contribution in [0.5, 0.6) is 11.5 Å². The normalized spacial score (nSPS) is 11.6. The molecule has 144 valence electrons. The van der Waals surface area contributed by atoms with Gasteiger partial charge in [0.2, 0.25) is 0 Å². The van der Waals surface area contributed by atoms with E-state index in [1.54, 1.807) is 0 Å². The molecule has 0 fully saturated rings. The number of aliphatic carboxylic acids is 1. The minimum absolute atomic E-state index is 0.0856. The van der Waals surface area contributed by atoms with Crippen LogP contribution in [0, 0.1) is 5.82 Å². The molecule has 1 N–H and O–H groups in total. The summed E-state index contributed by atoms with van der Waals surface area (Å²) in [5.41, 5.74) is -0.134. The van der Waals surface area contributed by atoms with E-state index >= 15 is 0 Å². The molecule has 2 rings (SSSR count). The molecular formula is C20H19F3O4. The summed E-state index contributed by atoms with van der Waals surface area (Å²) in [5.74, 6) is -2.24. The number of benzene rings is 2. The van der Waals surface area contributed by atoms with Gasteiger partial charge in [-0.25, -0.2) is 9.18 Å². The summed E-state index contributed by atoms with van der Waals surface area (Å²) >= 11 is 0. The van der Waals surface area contributed by atoms with Crippen LogP contribution in [0.3, 0.4) is 0 Å². The largest absolute Gasteiger partial charge is 0.491 e. The lowest BCUT2D eigenvalue weighted by Gasteiger charge is -2.19. The van der Waals surface area contributed by atoms with Gasteiger partial charge in [-0.3, -0.25) is 0 Å². The van der Waals surface area contributed by atoms with Crippen LogP contribution in [0.1, 0.15) is 30.9 Å². The number of rotatable bonds is 9. The van der Waals surface area contributed by atoms with Crippen LogP contribution < -0.4 is 9.47 Å². The van der Waals surface area contributed by atoms with Crippen molar-refractivity contribution in [2.75, 3.05) is 6.61 Å². The van der Waals surface area contributed by atoms with Gasteiger partial charge in [0.25, 0.3) is 0 Å². The Morgan fingerprint density at radius 2 is 1.89 bits per heavy atom. The van der Waals surface area contributed by atoms with E-state index in [2.05, 4.69) is 4.74 Å². The van der Waals surface area contributed by atoms with E-state index in [4.69, 9.17) is 9.84 Å². The highest BCUT2D eigenvalue weighted by atomic mass is 19.3. The zero-order chi connectivity index (χ0) is 19.9. The maximum atomic E-state index is 14.3. The first kappa shape index (κ1) is 20.4. The minimum atomic E-state index is -3.75. The lowest BCUT2D eigenvalue weighted by molar-refractivity contribution is -0.185. The highest BCUT2D eigenvalue weighted by molar-refractivity contribution is 5.85. The molecule has 0 aliphatic carbocycles. The zero-order valence-corrected chi connectivity index (χ0v) is 14.6. The number of carboxylic acids is 1. The zero-order valence-electron chi connectivity index (χ0n) is 14.6. The second-order valence-corrected chi connectivity index (χ2v) is 5.71. The Hall–Kier alpha value is -2.96. The third-order valence-corrected chi connectivity index (χ3v) is 3.57. The molecule has 0 saturated carbocycles. The number of hydrogen-bond donors (Lipinski definition) is 1. The molecule has 0 aromatic heterocycles. The molecule has 0 aliphatic heterocycles. The van der Waals surface area contributed by atoms with Crippen LogP contribution in [-0.2, 0) is 10.9 Å². The SMILES string of the molecule is CCCCOc1ccc(C(F)(F)Oc2ccc(C=CC(=O)O)cc2)cc1F. The summed E-state index contributed by atoms with van der Waals surface area (Å²) < 4.78 is 52.5. The third kappa shape index (κ3) is 6.06. The Bertz CT molecular complexity index is 801. The van der Waals surface area contributed by atoms with E-state index in [1.165, 1.54) is 30.3 Å². The fourth-order valence-corrected chi connectivity index (χ4v) is 2.15. The van der Waals surface area contributed by atoms with Crippen molar-refractivity contribution in [2.24, 2.45) is 0 Å². The molecule has 27 heavy (non-hydrogen) atoms. The molecule has 0 radical (unpaired) electrons. The van der Waals surface area contributed by atoms with Gasteiger partial charge in [0.05, 0.1) is 12.2 Å². The van der Waals surface area contributed by atoms with Gasteiger partial charge in [-0.05, 0) is 48.4 Å². The first-order chi connectivity index (χ1) is 12.8. The van der Waals surface area contributed by atoms with Crippen molar-refractivity contribution in [1.29, 1.82) is 0 Å². The van der Waals surface area contributed by atoms with E-state index < -0.39 is 23.5 Å². The van der Waals surface area contributed by atoms with Crippen molar-refractivity contribution in [2.45, 2.75) is 25.9 Å². The highest BCUT2D eigenvalue weighted by Crippen LogP contribution is 2.33. The average Bonchev–Trinajstić information content (AvgIpc) is 2.62. The smallest absolute Gasteiger partial charge is 0.426 e. The molecule has 2 aromatic rings. The summed E-state index contributed by atoms with van der Waals surface area (Å²) in [6.07, 6.45) is 0.101. The fourth-order valence-electron chi connectivity index (χ4n) is 2.15. The minimum Gasteiger partial charge on any atom is -0.491 e. The van der Waals surface area contributed by atoms with Gasteiger partial charge in [0.1, 0.15) is 5.75 Å². The van der Waals surface area contributed by atoms with Crippen molar-refractivity contribution < 1.29 is 32.5 Å². The summed E-state index contributed by atoms with van der Waals surface area (Å²) in [6.45, 7) is 2.26. The molecule has 2 aromatic carbocycles. The maximum Gasteiger partial charge on any atom is 0.426 e. The van der Waals surface area contributed by atoms with Gasteiger partial charge in [0.15, 0.2) is 11.6 Å². The topological polar surface area (TPSA) is 55.8 Å². The summed E-state index contributed by atoms with van der Waals surface area (Å²) in [4.78, 5) is 10.5. The maximum absolute atomic E-state index is 14.3. The number of carbonyl (C=O) groups is 1. The summed E-state index contributed by atoms with van der Waals surface area (Å²) in [7, 11) is 0. The van der Waals surface area contributed by atoms with E-state index in [1.807, 2.05) is 6.92 Å². The van der Waals surface area contributed by atoms with Crippen LogP contribution in [0.25, 0.3) is 6.08 Å². The molecule has 0 spiro atoms. The Labute approximate surface area is 154 Å². The second kappa shape index (κ2) is 9.12. The number of alkyl halides is 2. The number of carboxylic acid groups (broad SMARTS) is 1. The van der Waals surface area contributed by atoms with E-state index in [0.717, 1.165) is 31.1 Å². The van der Waals surface area contributed by atoms with Crippen molar-refractivity contribution in [1.82, 2.24) is 0 Å². The molecule has 0 amide bonds. The average molecular weight is 380 g/mol. The van der Waals surface area contributed by atoms with Crippen LogP contribution in [-0.4, -0.2) is 17.7 Å². The fraction of sp³-hybridized carbons (Fsp3) is 0.250. The molecule has 0 aliphatic rings. The highest BCUT2D eigenvalue weighted by Gasteiger charge is 2.35. The summed E-state index contributed by atoms with van der Waals surface area (Å²) in [6, 6.07) is 8.28. The predicted octanol–water partition coefficient (Wildman–Crippen LogP) is 5.23. The van der Waals surface area contributed by atoms with Gasteiger partial charge in [-0.2, -0.15) is 8.78 Å². The molecule has 0 saturated heterocycles. The number of ether oxygens (including phenoxy) is 2. The van der Waals surface area contributed by atoms with Crippen LogP contribution in [0.15, 0.2) is 48.5 Å². The second-order valence-electron chi connectivity index (χ2n) is 5.71. The first-order valence-electron chi connectivity index (χ1n) is 8.32. The molecule has 4 nitrogen and oxygen atoms in total. The van der Waals surface area contributed by atoms with Crippen LogP contribution >= 0.6 is 0 Å². The Balaban J connectivity index is 2.09. The lowest BCUT2D eigenvalue weighted by Crippen LogP contribution is -2.22.